The summed E-state index contributed by atoms with van der Waals surface area (Å²) in [6.45, 7) is 4.99. The number of ether oxygens (including phenoxy) is 1. The van der Waals surface area contributed by atoms with Gasteiger partial charge in [-0.25, -0.2) is 4.79 Å². The van der Waals surface area contributed by atoms with Crippen molar-refractivity contribution in [2.75, 3.05) is 6.54 Å². The number of unbranched alkanes of at least 4 members (excludes halogenated alkanes) is 36. The maximum atomic E-state index is 12.9. The van der Waals surface area contributed by atoms with Crippen molar-refractivity contribution in [2.45, 2.75) is 321 Å². The molecule has 0 aliphatic heterocycles. The van der Waals surface area contributed by atoms with Crippen molar-refractivity contribution in [3.05, 3.63) is 12.2 Å². The van der Waals surface area contributed by atoms with Gasteiger partial charge in [0, 0.05) is 12.8 Å². The Balaban J connectivity index is 4.20. The molecule has 0 fully saturated rings. The second kappa shape index (κ2) is 51.1. The Kier molecular flexibility index (Phi) is 49.6. The largest absolute Gasteiger partial charge is 0.480 e. The molecule has 0 bridgehead atoms. The molecule has 0 aromatic heterocycles. The van der Waals surface area contributed by atoms with E-state index in [0.29, 0.717) is 32.2 Å². The maximum absolute atomic E-state index is 12.9. The van der Waals surface area contributed by atoms with Gasteiger partial charge in [-0.2, -0.15) is 0 Å². The van der Waals surface area contributed by atoms with E-state index in [9.17, 15) is 19.5 Å². The normalized spacial score (nSPS) is 12.6. The molecule has 0 aliphatic rings. The van der Waals surface area contributed by atoms with Crippen LogP contribution in [0.5, 0.6) is 0 Å². The fraction of sp³-hybridized carbons (Fsp3) is 0.911. The fourth-order valence-corrected chi connectivity index (χ4v) is 8.86. The first kappa shape index (κ1) is 61.1. The van der Waals surface area contributed by atoms with Crippen molar-refractivity contribution < 1.29 is 24.2 Å². The van der Waals surface area contributed by atoms with Crippen molar-refractivity contribution in [1.82, 2.24) is 5.32 Å². The third-order valence-electron chi connectivity index (χ3n) is 13.1. The van der Waals surface area contributed by atoms with Crippen molar-refractivity contribution in [3.8, 4) is 0 Å². The number of rotatable bonds is 52. The van der Waals surface area contributed by atoms with E-state index in [0.717, 1.165) is 70.6 Å². The molecular formula is C56H108N2O5. The van der Waals surface area contributed by atoms with Crippen molar-refractivity contribution in [1.29, 1.82) is 0 Å². The summed E-state index contributed by atoms with van der Waals surface area (Å²) in [7, 11) is 0. The molecule has 0 saturated carbocycles. The van der Waals surface area contributed by atoms with E-state index in [4.69, 9.17) is 10.5 Å². The lowest BCUT2D eigenvalue weighted by molar-refractivity contribution is -0.150. The van der Waals surface area contributed by atoms with E-state index >= 15 is 0 Å². The predicted molar refractivity (Wildman–Crippen MR) is 271 cm³/mol. The number of esters is 1. The third-order valence-corrected chi connectivity index (χ3v) is 13.1. The zero-order valence-corrected chi connectivity index (χ0v) is 42.2. The van der Waals surface area contributed by atoms with Gasteiger partial charge in [0.1, 0.15) is 12.1 Å². The number of carbonyl (C=O) groups excluding carboxylic acids is 2. The van der Waals surface area contributed by atoms with Gasteiger partial charge >= 0.3 is 11.9 Å². The summed E-state index contributed by atoms with van der Waals surface area (Å²) < 4.78 is 6.10. The molecule has 63 heavy (non-hydrogen) atoms. The van der Waals surface area contributed by atoms with Gasteiger partial charge in [0.15, 0.2) is 0 Å². The highest BCUT2D eigenvalue weighted by Crippen LogP contribution is 2.20. The minimum Gasteiger partial charge on any atom is -0.480 e. The lowest BCUT2D eigenvalue weighted by atomic mass is 10.0. The number of aliphatic carboxylic acids is 1. The standard InChI is InChI=1S/C56H108N2O5/c1-3-5-7-9-11-13-15-17-19-20-21-22-23-24-25-27-29-31-33-35-40-44-50-55(60)63-52(46-41-37-34-32-30-28-26-18-16-14-12-10-8-6-4-2)47-42-38-36-39-43-49-54(59)58-53(56(61)62)48-45-51-57/h28,30,52-53H,3-27,29,31-51,57H2,1-2H3,(H,58,59)(H,61,62)/b30-28-. The van der Waals surface area contributed by atoms with E-state index in [-0.39, 0.29) is 18.0 Å². The van der Waals surface area contributed by atoms with Crippen LogP contribution in [0.25, 0.3) is 0 Å². The minimum absolute atomic E-state index is 0.00183. The van der Waals surface area contributed by atoms with Crippen LogP contribution in [-0.2, 0) is 19.1 Å². The van der Waals surface area contributed by atoms with Crippen LogP contribution in [0.2, 0.25) is 0 Å². The summed E-state index contributed by atoms with van der Waals surface area (Å²) in [5.74, 6) is -1.22. The first-order valence-corrected chi connectivity index (χ1v) is 28.0. The molecule has 0 heterocycles. The Morgan fingerprint density at radius 1 is 0.444 bits per heavy atom. The van der Waals surface area contributed by atoms with Gasteiger partial charge in [0.25, 0.3) is 0 Å². The van der Waals surface area contributed by atoms with Gasteiger partial charge in [-0.15, -0.1) is 0 Å². The summed E-state index contributed by atoms with van der Waals surface area (Å²) in [5.41, 5.74) is 5.51. The van der Waals surface area contributed by atoms with E-state index in [1.807, 2.05) is 0 Å². The number of carbonyl (C=O) groups is 3. The average molecular weight is 889 g/mol. The Bertz CT molecular complexity index is 1000. The molecule has 1 amide bonds. The molecule has 0 saturated heterocycles. The van der Waals surface area contributed by atoms with E-state index in [1.54, 1.807) is 0 Å². The molecule has 2 atom stereocenters. The van der Waals surface area contributed by atoms with Crippen molar-refractivity contribution >= 4 is 17.8 Å². The Morgan fingerprint density at radius 3 is 1.16 bits per heavy atom. The first-order chi connectivity index (χ1) is 30.9. The second-order valence-corrected chi connectivity index (χ2v) is 19.4. The van der Waals surface area contributed by atoms with Gasteiger partial charge in [-0.3, -0.25) is 9.59 Å². The summed E-state index contributed by atoms with van der Waals surface area (Å²) in [6.07, 6.45) is 60.0. The van der Waals surface area contributed by atoms with Crippen LogP contribution in [0.1, 0.15) is 309 Å². The predicted octanol–water partition coefficient (Wildman–Crippen LogP) is 17.0. The highest BCUT2D eigenvalue weighted by molar-refractivity contribution is 5.83. The Hall–Kier alpha value is -1.89. The highest BCUT2D eigenvalue weighted by atomic mass is 16.5. The SMILES string of the molecule is CCCCCCCCCC/C=C\CCCCCC(CCCCCCCC(=O)NC(CCCN)C(=O)O)OC(=O)CCCCCCCCCCCCCCCCCCCCCCCC. The summed E-state index contributed by atoms with van der Waals surface area (Å²) >= 11 is 0. The number of carboxylic acid groups (broad SMARTS) is 1. The summed E-state index contributed by atoms with van der Waals surface area (Å²) in [4.78, 5) is 36.6. The molecule has 0 aliphatic carbocycles. The van der Waals surface area contributed by atoms with Gasteiger partial charge < -0.3 is 20.9 Å². The molecule has 0 spiro atoms. The smallest absolute Gasteiger partial charge is 0.326 e. The quantitative estimate of drug-likeness (QED) is 0.0318. The number of hydrogen-bond donors (Lipinski definition) is 3. The highest BCUT2D eigenvalue weighted by Gasteiger charge is 2.19. The molecule has 0 radical (unpaired) electrons. The number of allylic oxidation sites excluding steroid dienone is 2. The molecule has 2 unspecified atom stereocenters. The molecule has 0 aromatic rings. The van der Waals surface area contributed by atoms with Crippen LogP contribution in [0.15, 0.2) is 12.2 Å². The van der Waals surface area contributed by atoms with Crippen molar-refractivity contribution in [3.63, 3.8) is 0 Å². The zero-order chi connectivity index (χ0) is 45.9. The molecule has 0 rings (SSSR count). The number of carboxylic acids is 1. The van der Waals surface area contributed by atoms with E-state index in [2.05, 4.69) is 31.3 Å². The Morgan fingerprint density at radius 2 is 0.778 bits per heavy atom. The topological polar surface area (TPSA) is 119 Å². The monoisotopic (exact) mass is 889 g/mol. The van der Waals surface area contributed by atoms with Crippen LogP contribution in [0, 0.1) is 0 Å². The van der Waals surface area contributed by atoms with Gasteiger partial charge in [-0.1, -0.05) is 231 Å². The van der Waals surface area contributed by atoms with Crippen LogP contribution < -0.4 is 11.1 Å². The molecular weight excluding hydrogens is 781 g/mol. The van der Waals surface area contributed by atoms with E-state index < -0.39 is 12.0 Å². The second-order valence-electron chi connectivity index (χ2n) is 19.4. The maximum Gasteiger partial charge on any atom is 0.326 e. The van der Waals surface area contributed by atoms with Crippen LogP contribution >= 0.6 is 0 Å². The Labute approximate surface area is 391 Å². The third kappa shape index (κ3) is 47.9. The number of nitrogens with one attached hydrogen (secondary N) is 1. The van der Waals surface area contributed by atoms with Gasteiger partial charge in [0.05, 0.1) is 0 Å². The lowest BCUT2D eigenvalue weighted by Gasteiger charge is -2.18. The first-order valence-electron chi connectivity index (χ1n) is 28.0. The molecule has 0 aromatic carbocycles. The summed E-state index contributed by atoms with van der Waals surface area (Å²) in [6, 6.07) is -0.856. The molecule has 372 valence electrons. The zero-order valence-electron chi connectivity index (χ0n) is 42.2. The van der Waals surface area contributed by atoms with Crippen molar-refractivity contribution in [2.24, 2.45) is 5.73 Å². The van der Waals surface area contributed by atoms with Crippen LogP contribution in [-0.4, -0.2) is 41.6 Å². The lowest BCUT2D eigenvalue weighted by Crippen LogP contribution is -2.40. The van der Waals surface area contributed by atoms with Crippen LogP contribution in [0.3, 0.4) is 0 Å². The fourth-order valence-electron chi connectivity index (χ4n) is 8.86. The minimum atomic E-state index is -1.00. The number of nitrogens with two attached hydrogens (primary N) is 1. The molecule has 4 N–H and O–H groups in total. The number of amides is 1. The molecule has 7 heteroatoms. The van der Waals surface area contributed by atoms with Gasteiger partial charge in [0.2, 0.25) is 5.91 Å². The van der Waals surface area contributed by atoms with Crippen LogP contribution in [0.4, 0.5) is 0 Å². The summed E-state index contributed by atoms with van der Waals surface area (Å²) in [5, 5.41) is 12.0. The van der Waals surface area contributed by atoms with E-state index in [1.165, 1.54) is 199 Å². The average Bonchev–Trinajstić information content (AvgIpc) is 3.27. The molecule has 7 nitrogen and oxygen atoms in total. The van der Waals surface area contributed by atoms with Gasteiger partial charge in [-0.05, 0) is 83.6 Å². The number of hydrogen-bond acceptors (Lipinski definition) is 5.